The minimum atomic E-state index is -2.65. The van der Waals surface area contributed by atoms with E-state index in [4.69, 9.17) is 16.0 Å². The second-order valence-corrected chi connectivity index (χ2v) is 17.5. The molecule has 0 aliphatic rings. The second kappa shape index (κ2) is 8.48. The molecule has 2 atom stereocenters. The van der Waals surface area contributed by atoms with Gasteiger partial charge in [-0.05, 0) is 27.7 Å². The molecule has 0 bridgehead atoms. The van der Waals surface area contributed by atoms with Crippen LogP contribution in [0, 0.1) is 0 Å². The van der Waals surface area contributed by atoms with Gasteiger partial charge in [0, 0.05) is 10.5 Å². The van der Waals surface area contributed by atoms with Crippen LogP contribution in [-0.2, 0) is 16.0 Å². The van der Waals surface area contributed by atoms with Gasteiger partial charge < -0.3 is 4.21 Å². The summed E-state index contributed by atoms with van der Waals surface area (Å²) in [7, 11) is -2.65. The SMILES string of the molecule is CC(C)(C)[P@](=S)(O[Si](C)(c1ccccc1)c1cccc2ccccc12)c1ccccc1. The van der Waals surface area contributed by atoms with Crippen LogP contribution >= 0.6 is 6.26 Å². The Morgan fingerprint density at radius 3 is 1.90 bits per heavy atom. The molecule has 31 heavy (non-hydrogen) atoms. The molecule has 0 amide bonds. The maximum atomic E-state index is 7.42. The zero-order valence-electron chi connectivity index (χ0n) is 18.6. The van der Waals surface area contributed by atoms with Crippen LogP contribution in [0.2, 0.25) is 6.55 Å². The van der Waals surface area contributed by atoms with Crippen LogP contribution in [0.1, 0.15) is 20.8 Å². The van der Waals surface area contributed by atoms with Crippen LogP contribution in [0.15, 0.2) is 103 Å². The van der Waals surface area contributed by atoms with Gasteiger partial charge in [0.05, 0.1) is 6.26 Å². The van der Waals surface area contributed by atoms with Gasteiger partial charge >= 0.3 is 0 Å². The van der Waals surface area contributed by atoms with E-state index in [1.165, 1.54) is 21.1 Å². The summed E-state index contributed by atoms with van der Waals surface area (Å²) in [5, 5.41) is 6.00. The minimum absolute atomic E-state index is 0.169. The zero-order chi connectivity index (χ0) is 22.1. The van der Waals surface area contributed by atoms with Gasteiger partial charge in [-0.15, -0.1) is 0 Å². The van der Waals surface area contributed by atoms with Crippen molar-refractivity contribution in [2.45, 2.75) is 32.5 Å². The normalized spacial score (nSPS) is 15.9. The molecular weight excluding hydrogens is 431 g/mol. The van der Waals surface area contributed by atoms with Crippen molar-refractivity contribution in [2.24, 2.45) is 0 Å². The van der Waals surface area contributed by atoms with Gasteiger partial charge in [0.1, 0.15) is 0 Å². The van der Waals surface area contributed by atoms with E-state index in [-0.39, 0.29) is 5.16 Å². The molecule has 1 nitrogen and oxygen atoms in total. The van der Waals surface area contributed by atoms with E-state index in [1.54, 1.807) is 0 Å². The fourth-order valence-corrected chi connectivity index (χ4v) is 13.8. The Morgan fingerprint density at radius 1 is 0.710 bits per heavy atom. The van der Waals surface area contributed by atoms with Crippen molar-refractivity contribution in [3.63, 3.8) is 0 Å². The Morgan fingerprint density at radius 2 is 1.26 bits per heavy atom. The predicted octanol–water partition coefficient (Wildman–Crippen LogP) is 6.06. The molecule has 0 aliphatic heterocycles. The molecule has 0 heterocycles. The lowest BCUT2D eigenvalue weighted by molar-refractivity contribution is 0.594. The van der Waals surface area contributed by atoms with Gasteiger partial charge in [0.2, 0.25) is 0 Å². The summed E-state index contributed by atoms with van der Waals surface area (Å²) >= 11 is 6.50. The summed E-state index contributed by atoms with van der Waals surface area (Å²) in [6.07, 6.45) is -2.39. The molecule has 0 N–H and O–H groups in total. The molecule has 0 radical (unpaired) electrons. The smallest absolute Gasteiger partial charge is 0.259 e. The van der Waals surface area contributed by atoms with E-state index < -0.39 is 14.6 Å². The van der Waals surface area contributed by atoms with Crippen molar-refractivity contribution in [3.8, 4) is 0 Å². The van der Waals surface area contributed by atoms with Crippen LogP contribution in [0.4, 0.5) is 0 Å². The average molecular weight is 461 g/mol. The van der Waals surface area contributed by atoms with Crippen molar-refractivity contribution in [1.29, 1.82) is 0 Å². The topological polar surface area (TPSA) is 9.23 Å². The highest BCUT2D eigenvalue weighted by atomic mass is 32.4. The molecule has 0 aliphatic carbocycles. The molecule has 4 aromatic carbocycles. The zero-order valence-corrected chi connectivity index (χ0v) is 21.3. The van der Waals surface area contributed by atoms with Gasteiger partial charge in [0.25, 0.3) is 8.32 Å². The van der Waals surface area contributed by atoms with E-state index in [0.29, 0.717) is 0 Å². The van der Waals surface area contributed by atoms with E-state index in [1.807, 2.05) is 6.07 Å². The summed E-state index contributed by atoms with van der Waals surface area (Å²) < 4.78 is 7.42. The van der Waals surface area contributed by atoms with E-state index in [0.717, 1.165) is 5.30 Å². The van der Waals surface area contributed by atoms with Gasteiger partial charge in [-0.2, -0.15) is 0 Å². The van der Waals surface area contributed by atoms with Gasteiger partial charge in [-0.3, -0.25) is 0 Å². The Hall–Kier alpha value is -2.03. The lowest BCUT2D eigenvalue weighted by Crippen LogP contribution is -2.59. The van der Waals surface area contributed by atoms with Crippen molar-refractivity contribution in [3.05, 3.63) is 103 Å². The third-order valence-electron chi connectivity index (χ3n) is 5.92. The Bertz CT molecular complexity index is 1230. The molecule has 0 saturated heterocycles. The first-order valence-electron chi connectivity index (χ1n) is 10.7. The van der Waals surface area contributed by atoms with Crippen molar-refractivity contribution >= 4 is 52.8 Å². The fraction of sp³-hybridized carbons (Fsp3) is 0.185. The molecule has 1 unspecified atom stereocenters. The maximum absolute atomic E-state index is 7.42. The highest BCUT2D eigenvalue weighted by molar-refractivity contribution is 8.17. The summed E-state index contributed by atoms with van der Waals surface area (Å²) in [5.74, 6) is 0. The van der Waals surface area contributed by atoms with E-state index >= 15 is 0 Å². The first-order chi connectivity index (χ1) is 14.8. The molecular formula is C27H29OPSSi. The van der Waals surface area contributed by atoms with Gasteiger partial charge in [-0.1, -0.05) is 136 Å². The third kappa shape index (κ3) is 4.08. The number of hydrogen-bond donors (Lipinski definition) is 0. The first kappa shape index (κ1) is 22.2. The maximum Gasteiger partial charge on any atom is 0.259 e. The molecule has 0 aromatic heterocycles. The highest BCUT2D eigenvalue weighted by Gasteiger charge is 2.45. The summed E-state index contributed by atoms with van der Waals surface area (Å²) in [6, 6.07) is 36.4. The number of benzene rings is 4. The van der Waals surface area contributed by atoms with Crippen molar-refractivity contribution < 1.29 is 4.21 Å². The van der Waals surface area contributed by atoms with Crippen LogP contribution in [0.5, 0.6) is 0 Å². The Labute approximate surface area is 192 Å². The van der Waals surface area contributed by atoms with Crippen LogP contribution in [0.3, 0.4) is 0 Å². The molecule has 0 saturated carbocycles. The Balaban J connectivity index is 1.99. The van der Waals surface area contributed by atoms with E-state index in [9.17, 15) is 0 Å². The summed E-state index contributed by atoms with van der Waals surface area (Å²) in [4.78, 5) is 0. The molecule has 158 valence electrons. The lowest BCUT2D eigenvalue weighted by atomic mass is 10.1. The van der Waals surface area contributed by atoms with Crippen LogP contribution in [0.25, 0.3) is 10.8 Å². The lowest BCUT2D eigenvalue weighted by Gasteiger charge is -2.42. The number of hydrogen-bond acceptors (Lipinski definition) is 2. The largest absolute Gasteiger partial charge is 0.376 e. The number of fused-ring (bicyclic) bond motifs is 1. The second-order valence-electron chi connectivity index (χ2n) is 9.08. The van der Waals surface area contributed by atoms with Crippen molar-refractivity contribution in [1.82, 2.24) is 0 Å². The van der Waals surface area contributed by atoms with Crippen LogP contribution in [-0.4, -0.2) is 13.5 Å². The molecule has 4 heteroatoms. The molecule has 4 aromatic rings. The van der Waals surface area contributed by atoms with Crippen molar-refractivity contribution in [2.75, 3.05) is 0 Å². The third-order valence-corrected chi connectivity index (χ3v) is 17.0. The molecule has 4 rings (SSSR count). The molecule has 0 spiro atoms. The summed E-state index contributed by atoms with van der Waals surface area (Å²) in [5.41, 5.74) is 0. The Kier molecular flexibility index (Phi) is 6.07. The standard InChI is InChI=1S/C27H29OPSSi/c1-27(2,3)29(30,23-16-7-5-8-17-23)28-31(4,24-18-9-6-10-19-24)26-21-13-15-22-14-11-12-20-25(22)26/h5-21H,1-4H3/t29-,31?/m0/s1. The number of rotatable bonds is 5. The first-order valence-corrected chi connectivity index (χ1v) is 15.8. The predicted molar refractivity (Wildman–Crippen MR) is 142 cm³/mol. The monoisotopic (exact) mass is 460 g/mol. The van der Waals surface area contributed by atoms with Gasteiger partial charge in [-0.25, -0.2) is 0 Å². The van der Waals surface area contributed by atoms with Gasteiger partial charge in [0.15, 0.2) is 0 Å². The fourth-order valence-electron chi connectivity index (χ4n) is 4.11. The average Bonchev–Trinajstić information content (AvgIpc) is 2.79. The molecule has 0 fully saturated rings. The van der Waals surface area contributed by atoms with E-state index in [2.05, 4.69) is 124 Å². The quantitative estimate of drug-likeness (QED) is 0.264. The highest BCUT2D eigenvalue weighted by Crippen LogP contribution is 2.59. The minimum Gasteiger partial charge on any atom is -0.376 e. The summed E-state index contributed by atoms with van der Waals surface area (Å²) in [6.45, 7) is 9.00. The van der Waals surface area contributed by atoms with Crippen LogP contribution < -0.4 is 15.7 Å².